The molecule has 11 heteroatoms. The molecule has 4 heterocycles. The molecule has 0 bridgehead atoms. The molecule has 0 aliphatic carbocycles. The van der Waals surface area contributed by atoms with Crippen LogP contribution in [0.2, 0.25) is 0 Å². The van der Waals surface area contributed by atoms with Gasteiger partial charge in [0, 0.05) is 42.2 Å². The molecule has 34 heavy (non-hydrogen) atoms. The number of halogens is 1. The number of benzene rings is 1. The zero-order valence-corrected chi connectivity index (χ0v) is 18.8. The van der Waals surface area contributed by atoms with Gasteiger partial charge in [0.25, 0.3) is 0 Å². The van der Waals surface area contributed by atoms with Crippen molar-refractivity contribution in [3.63, 3.8) is 0 Å². The van der Waals surface area contributed by atoms with Crippen LogP contribution in [-0.2, 0) is 15.0 Å². The molecule has 5 rings (SSSR count). The number of carbonyl (C=O) groups is 2. The van der Waals surface area contributed by atoms with Crippen molar-refractivity contribution in [2.45, 2.75) is 44.7 Å². The fourth-order valence-electron chi connectivity index (χ4n) is 4.40. The molecule has 2 atom stereocenters. The summed E-state index contributed by atoms with van der Waals surface area (Å²) >= 11 is 0. The van der Waals surface area contributed by atoms with Gasteiger partial charge in [0.2, 0.25) is 5.91 Å². The second kappa shape index (κ2) is 7.79. The Morgan fingerprint density at radius 3 is 2.82 bits per heavy atom. The first kappa shape index (κ1) is 21.8. The number of anilines is 1. The summed E-state index contributed by atoms with van der Waals surface area (Å²) in [5.74, 6) is -1.01. The number of fused-ring (bicyclic) bond motifs is 3. The quantitative estimate of drug-likeness (QED) is 0.408. The number of carboxylic acid groups (broad SMARTS) is 1. The van der Waals surface area contributed by atoms with Crippen LogP contribution in [0.1, 0.15) is 31.7 Å². The summed E-state index contributed by atoms with van der Waals surface area (Å²) in [6.07, 6.45) is 3.43. The summed E-state index contributed by atoms with van der Waals surface area (Å²) in [5, 5.41) is 20.1. The molecule has 1 aromatic carbocycles. The van der Waals surface area contributed by atoms with E-state index in [4.69, 9.17) is 4.42 Å². The van der Waals surface area contributed by atoms with Crippen molar-refractivity contribution in [3.05, 3.63) is 47.8 Å². The van der Waals surface area contributed by atoms with Crippen molar-refractivity contribution in [2.24, 2.45) is 0 Å². The normalized spacial score (nSPS) is 18.6. The number of aromatic amines is 1. The number of furan rings is 1. The minimum absolute atomic E-state index is 0.182. The van der Waals surface area contributed by atoms with E-state index in [-0.39, 0.29) is 24.5 Å². The number of carboxylic acids is 1. The van der Waals surface area contributed by atoms with Crippen molar-refractivity contribution in [2.75, 3.05) is 11.4 Å². The van der Waals surface area contributed by atoms with Crippen molar-refractivity contribution in [1.82, 2.24) is 25.5 Å². The summed E-state index contributed by atoms with van der Waals surface area (Å²) in [7, 11) is 0. The van der Waals surface area contributed by atoms with Crippen molar-refractivity contribution in [1.29, 1.82) is 0 Å². The highest BCUT2D eigenvalue weighted by Gasteiger charge is 2.42. The number of aromatic nitrogens is 4. The lowest BCUT2D eigenvalue weighted by molar-refractivity contribution is -0.138. The number of aryl methyl sites for hydroxylation is 1. The van der Waals surface area contributed by atoms with Gasteiger partial charge in [-0.25, -0.2) is 19.2 Å². The molecular formula is C23H23FN6O4. The largest absolute Gasteiger partial charge is 0.480 e. The second-order valence-corrected chi connectivity index (χ2v) is 9.04. The molecule has 0 saturated carbocycles. The zero-order chi connectivity index (χ0) is 24.2. The van der Waals surface area contributed by atoms with Gasteiger partial charge in [-0.15, -0.1) is 0 Å². The van der Waals surface area contributed by atoms with Crippen molar-refractivity contribution < 1.29 is 23.5 Å². The Balaban J connectivity index is 1.50. The van der Waals surface area contributed by atoms with Crippen LogP contribution >= 0.6 is 0 Å². The standard InChI is InChI=1S/C23H23FN6O4/c1-11-27-18-15-5-4-13(24)6-17(15)34-19(18)20(28-11)30-10-14(7-16(30)21(31)32)29-22(33)23(2,3)12-8-25-26-9-12/h4-6,8-9,14,16H,7,10H2,1-3H3,(H,25,26)(H,29,33)(H,31,32)/t14-,16-/m0/s1. The molecule has 0 unspecified atom stereocenters. The second-order valence-electron chi connectivity index (χ2n) is 9.04. The minimum atomic E-state index is -1.04. The number of rotatable bonds is 5. The van der Waals surface area contributed by atoms with Gasteiger partial charge in [-0.3, -0.25) is 9.89 Å². The Hall–Kier alpha value is -4.02. The third-order valence-electron chi connectivity index (χ3n) is 6.35. The van der Waals surface area contributed by atoms with Crippen LogP contribution in [0.15, 0.2) is 35.0 Å². The number of H-pyrrole nitrogens is 1. The maximum absolute atomic E-state index is 13.8. The molecule has 1 fully saturated rings. The lowest BCUT2D eigenvalue weighted by Gasteiger charge is -2.25. The molecule has 0 spiro atoms. The average molecular weight is 466 g/mol. The van der Waals surface area contributed by atoms with Gasteiger partial charge >= 0.3 is 5.97 Å². The van der Waals surface area contributed by atoms with Crippen LogP contribution in [0.4, 0.5) is 10.2 Å². The van der Waals surface area contributed by atoms with Crippen molar-refractivity contribution in [3.8, 4) is 0 Å². The molecule has 1 saturated heterocycles. The number of nitrogens with one attached hydrogen (secondary N) is 2. The third-order valence-corrected chi connectivity index (χ3v) is 6.35. The molecule has 0 radical (unpaired) electrons. The maximum Gasteiger partial charge on any atom is 0.326 e. The minimum Gasteiger partial charge on any atom is -0.480 e. The van der Waals surface area contributed by atoms with Gasteiger partial charge in [-0.1, -0.05) is 0 Å². The van der Waals surface area contributed by atoms with E-state index in [9.17, 15) is 19.1 Å². The number of hydrogen-bond acceptors (Lipinski definition) is 7. The van der Waals surface area contributed by atoms with E-state index in [2.05, 4.69) is 25.5 Å². The van der Waals surface area contributed by atoms with E-state index in [1.165, 1.54) is 12.1 Å². The zero-order valence-electron chi connectivity index (χ0n) is 18.8. The molecule has 1 amide bonds. The predicted octanol–water partition coefficient (Wildman–Crippen LogP) is 2.67. The highest BCUT2D eigenvalue weighted by molar-refractivity contribution is 6.06. The van der Waals surface area contributed by atoms with E-state index in [1.54, 1.807) is 44.1 Å². The monoisotopic (exact) mass is 466 g/mol. The number of hydrogen-bond donors (Lipinski definition) is 3. The Kier molecular flexibility index (Phi) is 4.99. The van der Waals surface area contributed by atoms with Gasteiger partial charge in [-0.05, 0) is 32.9 Å². The molecule has 3 N–H and O–H groups in total. The van der Waals surface area contributed by atoms with Crippen LogP contribution in [0.5, 0.6) is 0 Å². The number of aliphatic carboxylic acids is 1. The summed E-state index contributed by atoms with van der Waals surface area (Å²) in [4.78, 5) is 35.7. The topological polar surface area (TPSA) is 137 Å². The Morgan fingerprint density at radius 1 is 1.32 bits per heavy atom. The Bertz CT molecular complexity index is 1410. The average Bonchev–Trinajstić information content (AvgIpc) is 3.51. The highest BCUT2D eigenvalue weighted by Crippen LogP contribution is 2.36. The summed E-state index contributed by atoms with van der Waals surface area (Å²) < 4.78 is 19.6. The molecular weight excluding hydrogens is 443 g/mol. The van der Waals surface area contributed by atoms with E-state index in [0.717, 1.165) is 5.56 Å². The van der Waals surface area contributed by atoms with Crippen molar-refractivity contribution >= 4 is 39.8 Å². The summed E-state index contributed by atoms with van der Waals surface area (Å²) in [6, 6.07) is 2.77. The first-order chi connectivity index (χ1) is 16.1. The van der Waals surface area contributed by atoms with E-state index in [1.807, 2.05) is 0 Å². The van der Waals surface area contributed by atoms with Crippen LogP contribution < -0.4 is 10.2 Å². The van der Waals surface area contributed by atoms with Gasteiger partial charge in [0.15, 0.2) is 11.4 Å². The first-order valence-electron chi connectivity index (χ1n) is 10.8. The van der Waals surface area contributed by atoms with Gasteiger partial charge in [-0.2, -0.15) is 5.10 Å². The molecule has 10 nitrogen and oxygen atoms in total. The lowest BCUT2D eigenvalue weighted by Crippen LogP contribution is -2.46. The van der Waals surface area contributed by atoms with E-state index >= 15 is 0 Å². The summed E-state index contributed by atoms with van der Waals surface area (Å²) in [6.45, 7) is 5.46. The molecule has 176 valence electrons. The third kappa shape index (κ3) is 3.53. The summed E-state index contributed by atoms with van der Waals surface area (Å²) in [5.41, 5.74) is 0.922. The van der Waals surface area contributed by atoms with Crippen LogP contribution in [0.3, 0.4) is 0 Å². The van der Waals surface area contributed by atoms with Crippen LogP contribution in [0.25, 0.3) is 22.1 Å². The predicted molar refractivity (Wildman–Crippen MR) is 121 cm³/mol. The Labute approximate surface area is 193 Å². The maximum atomic E-state index is 13.8. The van der Waals surface area contributed by atoms with Crippen LogP contribution in [-0.4, -0.2) is 55.8 Å². The SMILES string of the molecule is Cc1nc(N2C[C@@H](NC(=O)C(C)(C)c3cn[nH]c3)C[C@H]2C(=O)O)c2oc3cc(F)ccc3c2n1. The Morgan fingerprint density at radius 2 is 2.12 bits per heavy atom. The van der Waals surface area contributed by atoms with Gasteiger partial charge in [0.05, 0.1) is 11.6 Å². The smallest absolute Gasteiger partial charge is 0.326 e. The molecule has 1 aliphatic rings. The van der Waals surface area contributed by atoms with E-state index < -0.39 is 29.3 Å². The number of carbonyl (C=O) groups excluding carboxylic acids is 1. The van der Waals surface area contributed by atoms with Gasteiger partial charge < -0.3 is 19.7 Å². The highest BCUT2D eigenvalue weighted by atomic mass is 19.1. The molecule has 3 aromatic heterocycles. The number of amides is 1. The fourth-order valence-corrected chi connectivity index (χ4v) is 4.40. The molecule has 4 aromatic rings. The van der Waals surface area contributed by atoms with Gasteiger partial charge in [0.1, 0.15) is 28.8 Å². The number of nitrogens with zero attached hydrogens (tertiary/aromatic N) is 4. The fraction of sp³-hybridized carbons (Fsp3) is 0.348. The van der Waals surface area contributed by atoms with E-state index in [0.29, 0.717) is 28.1 Å². The lowest BCUT2D eigenvalue weighted by atomic mass is 9.85. The molecule has 1 aliphatic heterocycles. The first-order valence-corrected chi connectivity index (χ1v) is 10.8. The van der Waals surface area contributed by atoms with Crippen LogP contribution in [0, 0.1) is 12.7 Å².